The standard InChI is InChI=1S/C11H13N5OS/c1-2-7-5-14-10(18-7)6-13-9-4-3-8(11(12)17)15-16-9/h3-5H,2,6H2,1H3,(H2,12,17)(H,13,16). The molecule has 0 aliphatic carbocycles. The third-order valence-corrected chi connectivity index (χ3v) is 3.43. The van der Waals surface area contributed by atoms with Crippen LogP contribution in [0.5, 0.6) is 0 Å². The van der Waals surface area contributed by atoms with E-state index in [0.717, 1.165) is 11.4 Å². The Kier molecular flexibility index (Phi) is 3.83. The third-order valence-electron chi connectivity index (χ3n) is 2.29. The first-order valence-corrected chi connectivity index (χ1v) is 6.31. The number of aromatic nitrogens is 3. The Hall–Kier alpha value is -2.02. The second-order valence-corrected chi connectivity index (χ2v) is 4.80. The number of hydrogen-bond donors (Lipinski definition) is 2. The van der Waals surface area contributed by atoms with Gasteiger partial charge >= 0.3 is 0 Å². The predicted molar refractivity (Wildman–Crippen MR) is 69.4 cm³/mol. The molecule has 0 saturated heterocycles. The maximum Gasteiger partial charge on any atom is 0.269 e. The Morgan fingerprint density at radius 1 is 1.44 bits per heavy atom. The summed E-state index contributed by atoms with van der Waals surface area (Å²) in [4.78, 5) is 16.4. The number of carbonyl (C=O) groups is 1. The summed E-state index contributed by atoms with van der Waals surface area (Å²) >= 11 is 1.66. The van der Waals surface area contributed by atoms with Crippen LogP contribution in [0.2, 0.25) is 0 Å². The molecule has 0 fully saturated rings. The smallest absolute Gasteiger partial charge is 0.269 e. The van der Waals surface area contributed by atoms with E-state index in [2.05, 4.69) is 27.4 Å². The summed E-state index contributed by atoms with van der Waals surface area (Å²) in [6.45, 7) is 2.69. The molecule has 1 amide bonds. The van der Waals surface area contributed by atoms with Crippen LogP contribution in [0, 0.1) is 0 Å². The lowest BCUT2D eigenvalue weighted by Gasteiger charge is -2.02. The van der Waals surface area contributed by atoms with E-state index in [-0.39, 0.29) is 5.69 Å². The SMILES string of the molecule is CCc1cnc(CNc2ccc(C(N)=O)nn2)s1. The fraction of sp³-hybridized carbons (Fsp3) is 0.273. The largest absolute Gasteiger partial charge is 0.364 e. The van der Waals surface area contributed by atoms with E-state index in [1.165, 1.54) is 10.9 Å². The van der Waals surface area contributed by atoms with Gasteiger partial charge in [-0.2, -0.15) is 0 Å². The van der Waals surface area contributed by atoms with Gasteiger partial charge in [0.05, 0.1) is 6.54 Å². The van der Waals surface area contributed by atoms with Crippen molar-refractivity contribution in [3.05, 3.63) is 33.9 Å². The average molecular weight is 263 g/mol. The Bertz CT molecular complexity index is 537. The molecule has 2 rings (SSSR count). The molecule has 0 radical (unpaired) electrons. The van der Waals surface area contributed by atoms with Crippen LogP contribution >= 0.6 is 11.3 Å². The van der Waals surface area contributed by atoms with Crippen LogP contribution in [0.25, 0.3) is 0 Å². The molecule has 0 aliphatic heterocycles. The minimum Gasteiger partial charge on any atom is -0.364 e. The number of thiazole rings is 1. The van der Waals surface area contributed by atoms with Crippen molar-refractivity contribution in [3.8, 4) is 0 Å². The maximum atomic E-state index is 10.8. The Morgan fingerprint density at radius 2 is 2.28 bits per heavy atom. The molecule has 2 heterocycles. The molecular weight excluding hydrogens is 250 g/mol. The third kappa shape index (κ3) is 3.01. The molecule has 0 bridgehead atoms. The van der Waals surface area contributed by atoms with Gasteiger partial charge in [0, 0.05) is 11.1 Å². The maximum absolute atomic E-state index is 10.8. The van der Waals surface area contributed by atoms with Crippen molar-refractivity contribution in [2.24, 2.45) is 5.73 Å². The first-order valence-electron chi connectivity index (χ1n) is 5.50. The average Bonchev–Trinajstić information content (AvgIpc) is 2.85. The second-order valence-electron chi connectivity index (χ2n) is 3.60. The summed E-state index contributed by atoms with van der Waals surface area (Å²) in [5, 5.41) is 11.6. The lowest BCUT2D eigenvalue weighted by Crippen LogP contribution is -2.14. The van der Waals surface area contributed by atoms with E-state index in [4.69, 9.17) is 5.73 Å². The Labute approximate surface area is 108 Å². The summed E-state index contributed by atoms with van der Waals surface area (Å²) < 4.78 is 0. The zero-order chi connectivity index (χ0) is 13.0. The molecular formula is C11H13N5OS. The molecule has 0 spiro atoms. The van der Waals surface area contributed by atoms with Gasteiger partial charge in [-0.25, -0.2) is 4.98 Å². The van der Waals surface area contributed by atoms with Gasteiger partial charge < -0.3 is 11.1 Å². The first kappa shape index (κ1) is 12.4. The quantitative estimate of drug-likeness (QED) is 0.845. The van der Waals surface area contributed by atoms with Crippen LogP contribution in [0.4, 0.5) is 5.82 Å². The van der Waals surface area contributed by atoms with E-state index in [1.54, 1.807) is 17.4 Å². The first-order chi connectivity index (χ1) is 8.69. The number of aryl methyl sites for hydroxylation is 1. The number of amides is 1. The van der Waals surface area contributed by atoms with E-state index in [0.29, 0.717) is 12.4 Å². The summed E-state index contributed by atoms with van der Waals surface area (Å²) in [5.41, 5.74) is 5.23. The van der Waals surface area contributed by atoms with Gasteiger partial charge in [-0.15, -0.1) is 21.5 Å². The molecule has 0 aliphatic rings. The zero-order valence-electron chi connectivity index (χ0n) is 9.88. The summed E-state index contributed by atoms with van der Waals surface area (Å²) in [5.74, 6) is 0.00908. The van der Waals surface area contributed by atoms with Gasteiger partial charge in [-0.1, -0.05) is 6.92 Å². The van der Waals surface area contributed by atoms with Crippen LogP contribution in [0.3, 0.4) is 0 Å². The van der Waals surface area contributed by atoms with Crippen molar-refractivity contribution in [2.45, 2.75) is 19.9 Å². The predicted octanol–water partition coefficient (Wildman–Crippen LogP) is 1.21. The van der Waals surface area contributed by atoms with Gasteiger partial charge in [-0.3, -0.25) is 4.79 Å². The number of nitrogens with two attached hydrogens (primary N) is 1. The van der Waals surface area contributed by atoms with E-state index in [9.17, 15) is 4.79 Å². The van der Waals surface area contributed by atoms with Crippen LogP contribution in [0.1, 0.15) is 27.3 Å². The van der Waals surface area contributed by atoms with Crippen molar-refractivity contribution < 1.29 is 4.79 Å². The van der Waals surface area contributed by atoms with Gasteiger partial charge in [0.1, 0.15) is 10.8 Å². The number of carbonyl (C=O) groups excluding carboxylic acids is 1. The molecule has 3 N–H and O–H groups in total. The summed E-state index contributed by atoms with van der Waals surface area (Å²) in [6, 6.07) is 3.21. The summed E-state index contributed by atoms with van der Waals surface area (Å²) in [7, 11) is 0. The molecule has 7 heteroatoms. The van der Waals surface area contributed by atoms with Gasteiger partial charge in [0.15, 0.2) is 5.69 Å². The monoisotopic (exact) mass is 263 g/mol. The minimum atomic E-state index is -0.582. The summed E-state index contributed by atoms with van der Waals surface area (Å²) in [6.07, 6.45) is 2.87. The molecule has 0 aromatic carbocycles. The number of nitrogens with one attached hydrogen (secondary N) is 1. The number of hydrogen-bond acceptors (Lipinski definition) is 6. The molecule has 0 saturated carbocycles. The molecule has 18 heavy (non-hydrogen) atoms. The van der Waals surface area contributed by atoms with E-state index in [1.807, 2.05) is 6.20 Å². The Balaban J connectivity index is 1.95. The topological polar surface area (TPSA) is 93.8 Å². The molecule has 0 unspecified atom stereocenters. The highest BCUT2D eigenvalue weighted by Crippen LogP contribution is 2.14. The van der Waals surface area contributed by atoms with Crippen molar-refractivity contribution in [1.29, 1.82) is 0 Å². The highest BCUT2D eigenvalue weighted by molar-refractivity contribution is 7.11. The number of rotatable bonds is 5. The van der Waals surface area contributed by atoms with Gasteiger partial charge in [0.25, 0.3) is 5.91 Å². The van der Waals surface area contributed by atoms with Crippen molar-refractivity contribution in [1.82, 2.24) is 15.2 Å². The van der Waals surface area contributed by atoms with Crippen LogP contribution < -0.4 is 11.1 Å². The molecule has 6 nitrogen and oxygen atoms in total. The lowest BCUT2D eigenvalue weighted by molar-refractivity contribution is 0.0994. The van der Waals surface area contributed by atoms with E-state index < -0.39 is 5.91 Å². The second kappa shape index (κ2) is 5.54. The van der Waals surface area contributed by atoms with Crippen molar-refractivity contribution in [3.63, 3.8) is 0 Å². The lowest BCUT2D eigenvalue weighted by atomic mass is 10.4. The van der Waals surface area contributed by atoms with Crippen molar-refractivity contribution >= 4 is 23.1 Å². The zero-order valence-corrected chi connectivity index (χ0v) is 10.7. The molecule has 2 aromatic heterocycles. The van der Waals surface area contributed by atoms with E-state index >= 15 is 0 Å². The number of anilines is 1. The fourth-order valence-corrected chi connectivity index (χ4v) is 2.12. The highest BCUT2D eigenvalue weighted by Gasteiger charge is 2.04. The molecule has 2 aromatic rings. The molecule has 0 atom stereocenters. The van der Waals surface area contributed by atoms with Crippen molar-refractivity contribution in [2.75, 3.05) is 5.32 Å². The normalized spacial score (nSPS) is 10.3. The minimum absolute atomic E-state index is 0.156. The van der Waals surface area contributed by atoms with Crippen LogP contribution in [-0.4, -0.2) is 21.1 Å². The van der Waals surface area contributed by atoms with Crippen LogP contribution in [-0.2, 0) is 13.0 Å². The molecule has 94 valence electrons. The van der Waals surface area contributed by atoms with Gasteiger partial charge in [0.2, 0.25) is 0 Å². The Morgan fingerprint density at radius 3 is 2.83 bits per heavy atom. The van der Waals surface area contributed by atoms with Gasteiger partial charge in [-0.05, 0) is 18.6 Å². The number of primary amides is 1. The number of nitrogens with zero attached hydrogens (tertiary/aromatic N) is 3. The highest BCUT2D eigenvalue weighted by atomic mass is 32.1. The van der Waals surface area contributed by atoms with Crippen LogP contribution in [0.15, 0.2) is 18.3 Å². The fourth-order valence-electron chi connectivity index (χ4n) is 1.32.